The summed E-state index contributed by atoms with van der Waals surface area (Å²) in [5, 5.41) is 26.7. The van der Waals surface area contributed by atoms with Gasteiger partial charge >= 0.3 is 5.97 Å². The average molecular weight is 1110 g/mol. The van der Waals surface area contributed by atoms with Gasteiger partial charge in [0.15, 0.2) is 5.60 Å². The lowest BCUT2D eigenvalue weighted by Crippen LogP contribution is -2.52. The lowest BCUT2D eigenvalue weighted by Gasteiger charge is -2.31. The molecule has 2 aromatic carbocycles. The summed E-state index contributed by atoms with van der Waals surface area (Å²) in [7, 11) is -3.54. The fourth-order valence-electron chi connectivity index (χ4n) is 9.25. The molecule has 7 N–H and O–H groups in total. The van der Waals surface area contributed by atoms with Gasteiger partial charge in [-0.05, 0) is 48.4 Å². The van der Waals surface area contributed by atoms with E-state index < -0.39 is 113 Å². The van der Waals surface area contributed by atoms with E-state index in [1.54, 1.807) is 37.3 Å². The Kier molecular flexibility index (Phi) is 17.2. The van der Waals surface area contributed by atoms with E-state index in [1.165, 1.54) is 29.1 Å². The van der Waals surface area contributed by atoms with E-state index >= 15 is 4.39 Å². The molecule has 2 aliphatic heterocycles. The Hall–Kier alpha value is -8.18. The number of aliphatic hydroxyl groups is 1. The third-order valence-corrected chi connectivity index (χ3v) is 14.4. The molecule has 3 aliphatic rings. The summed E-state index contributed by atoms with van der Waals surface area (Å²) in [6, 6.07) is 9.54. The molecule has 0 bridgehead atoms. The maximum atomic E-state index is 15.2. The van der Waals surface area contributed by atoms with Crippen LogP contribution in [0.2, 0.25) is 5.02 Å². The zero-order valence-electron chi connectivity index (χ0n) is 42.0. The molecule has 5 heterocycles. The van der Waals surface area contributed by atoms with E-state index in [9.17, 15) is 51.9 Å². The number of aromatic nitrogens is 4. The molecule has 0 unspecified atom stereocenters. The molecule has 6 amide bonds. The van der Waals surface area contributed by atoms with Gasteiger partial charge in [-0.2, -0.15) is 0 Å². The second-order valence-electron chi connectivity index (χ2n) is 18.5. The molecular weight excluding hydrogens is 1060 g/mol. The number of benzene rings is 2. The van der Waals surface area contributed by atoms with E-state index in [0.717, 1.165) is 6.26 Å². The van der Waals surface area contributed by atoms with Gasteiger partial charge in [0.05, 0.1) is 65.3 Å². The van der Waals surface area contributed by atoms with Crippen molar-refractivity contribution in [3.8, 4) is 23.2 Å². The highest BCUT2D eigenvalue weighted by Gasteiger charge is 2.46. The number of cyclic esters (lactones) is 1. The number of unbranched alkanes of at least 4 members (excludes halogenated alkanes) is 1. The molecule has 26 heteroatoms. The van der Waals surface area contributed by atoms with E-state index in [-0.39, 0.29) is 72.1 Å². The van der Waals surface area contributed by atoms with Gasteiger partial charge in [0, 0.05) is 60.5 Å². The molecular formula is C52H52ClFN10O13S. The highest BCUT2D eigenvalue weighted by Crippen LogP contribution is 2.46. The number of carbonyl (C=O) groups is 7. The second kappa shape index (κ2) is 24.0. The minimum atomic E-state index is -3.54. The molecule has 8 rings (SSSR count). The molecule has 23 nitrogen and oxygen atoms in total. The summed E-state index contributed by atoms with van der Waals surface area (Å²) >= 11 is 6.49. The zero-order valence-corrected chi connectivity index (χ0v) is 43.6. The number of esters is 1. The first-order chi connectivity index (χ1) is 37.2. The summed E-state index contributed by atoms with van der Waals surface area (Å²) in [5.41, 5.74) is 1.13. The highest BCUT2D eigenvalue weighted by atomic mass is 35.5. The van der Waals surface area contributed by atoms with Crippen molar-refractivity contribution < 1.29 is 61.0 Å². The number of sulfone groups is 1. The number of hydrogen-bond acceptors (Lipinski definition) is 16. The SMILES string of the molecule is CC[C@@]1(O)C(=O)OCc2c1cc1n(c2=O)Cc2c-1nc1cc(F)c(Cl)c3c1c2[C@@H](NC(=O)COCNC(=O)CNC(=O)[C@H](Cc1ccccc1)NC(=O)CNC(=O)CNC(=O)CCCC#Cc1cnc(S(C)(=O)=O)nc1)CC3. The topological polar surface area (TPSA) is 325 Å². The van der Waals surface area contributed by atoms with E-state index in [0.29, 0.717) is 57.4 Å². The quantitative estimate of drug-likeness (QED) is 0.0181. The van der Waals surface area contributed by atoms with Crippen LogP contribution < -0.4 is 37.5 Å². The number of carbonyl (C=O) groups excluding carboxylic acids is 7. The second-order valence-corrected chi connectivity index (χ2v) is 20.8. The van der Waals surface area contributed by atoms with Gasteiger partial charge in [-0.3, -0.25) is 33.6 Å². The van der Waals surface area contributed by atoms with Crippen molar-refractivity contribution in [1.82, 2.24) is 51.4 Å². The summed E-state index contributed by atoms with van der Waals surface area (Å²) in [6.45, 7) is -1.23. The van der Waals surface area contributed by atoms with Gasteiger partial charge in [0.2, 0.25) is 50.4 Å². The van der Waals surface area contributed by atoms with Gasteiger partial charge in [0.25, 0.3) is 5.56 Å². The van der Waals surface area contributed by atoms with E-state index in [1.807, 2.05) is 0 Å². The lowest BCUT2D eigenvalue weighted by atomic mass is 9.83. The molecule has 5 aromatic rings. The van der Waals surface area contributed by atoms with Crippen LogP contribution in [0.3, 0.4) is 0 Å². The first-order valence-electron chi connectivity index (χ1n) is 24.5. The number of nitrogens with one attached hydrogen (secondary N) is 6. The Morgan fingerprint density at radius 2 is 1.65 bits per heavy atom. The predicted octanol–water partition coefficient (Wildman–Crippen LogP) is 0.558. The summed E-state index contributed by atoms with van der Waals surface area (Å²) < 4.78 is 50.3. The summed E-state index contributed by atoms with van der Waals surface area (Å²) in [4.78, 5) is 116. The van der Waals surface area contributed by atoms with Crippen LogP contribution >= 0.6 is 11.6 Å². The Morgan fingerprint density at radius 1 is 0.949 bits per heavy atom. The molecule has 78 heavy (non-hydrogen) atoms. The van der Waals surface area contributed by atoms with Gasteiger partial charge in [0.1, 0.15) is 31.8 Å². The van der Waals surface area contributed by atoms with Crippen LogP contribution in [0.1, 0.15) is 84.0 Å². The number of nitrogens with zero attached hydrogens (tertiary/aromatic N) is 4. The largest absolute Gasteiger partial charge is 0.458 e. The van der Waals surface area contributed by atoms with E-state index in [2.05, 4.69) is 53.7 Å². The van der Waals surface area contributed by atoms with Gasteiger partial charge in [-0.1, -0.05) is 60.7 Å². The van der Waals surface area contributed by atoms with E-state index in [4.69, 9.17) is 26.1 Å². The number of fused-ring (bicyclic) bond motifs is 5. The van der Waals surface area contributed by atoms with Crippen LogP contribution in [0.5, 0.6) is 0 Å². The zero-order chi connectivity index (χ0) is 55.9. The standard InChI is InChI=1S/C52H52ClFN10O13S/c1-3-52(73)33-17-38-47-31(24-64(38)49(71)32(33)25-77-50(52)72)45-35(15-14-30-44(45)36(63-47)18-34(54)46(30)53)61-43(69)26-76-27-60-41(67)22-57-48(70)37(16-28-10-6-4-7-11-28)62-42(68)23-56-40(66)21-55-39(65)13-9-5-8-12-29-19-58-51(59-20-29)78(2,74)75/h4,6-7,10-11,17-20,35,37,73H,3,5,9,13-16,21-27H2,1-2H3,(H,55,65)(H,56,66)(H,57,70)(H,60,67)(H,61,69)(H,62,68)/t35-,37-,52-/m0/s1. The summed E-state index contributed by atoms with van der Waals surface area (Å²) in [5.74, 6) is 0.163. The Labute approximate surface area is 449 Å². The average Bonchev–Trinajstić information content (AvgIpc) is 3.87. The molecule has 408 valence electrons. The first kappa shape index (κ1) is 56.0. The number of amides is 6. The van der Waals surface area contributed by atoms with Gasteiger partial charge in [-0.25, -0.2) is 32.6 Å². The van der Waals surface area contributed by atoms with Crippen LogP contribution in [0.15, 0.2) is 64.8 Å². The third-order valence-electron chi connectivity index (χ3n) is 13.1. The highest BCUT2D eigenvalue weighted by molar-refractivity contribution is 7.90. The lowest BCUT2D eigenvalue weighted by molar-refractivity contribution is -0.172. The Bertz CT molecular complexity index is 3500. The Balaban J connectivity index is 0.798. The monoisotopic (exact) mass is 1110 g/mol. The van der Waals surface area contributed by atoms with Gasteiger partial charge < -0.3 is 51.0 Å². The number of halogens is 2. The number of aryl methyl sites for hydroxylation is 1. The molecule has 0 spiro atoms. The van der Waals surface area contributed by atoms with Crippen molar-refractivity contribution in [1.29, 1.82) is 0 Å². The molecule has 1 aliphatic carbocycles. The maximum absolute atomic E-state index is 15.2. The van der Waals surface area contributed by atoms with Crippen molar-refractivity contribution in [2.75, 3.05) is 39.2 Å². The Morgan fingerprint density at radius 3 is 2.38 bits per heavy atom. The maximum Gasteiger partial charge on any atom is 0.343 e. The van der Waals surface area contributed by atoms with Crippen LogP contribution in [0.25, 0.3) is 22.3 Å². The smallest absolute Gasteiger partial charge is 0.343 e. The van der Waals surface area contributed by atoms with Crippen molar-refractivity contribution in [3.63, 3.8) is 0 Å². The molecule has 3 aromatic heterocycles. The fraction of sp³-hybridized carbons (Fsp3) is 0.365. The molecule has 0 fully saturated rings. The normalized spacial score (nSPS) is 16.2. The number of rotatable bonds is 20. The minimum absolute atomic E-state index is 0.00417. The predicted molar refractivity (Wildman–Crippen MR) is 275 cm³/mol. The van der Waals surface area contributed by atoms with Crippen LogP contribution in [-0.4, -0.2) is 120 Å². The van der Waals surface area contributed by atoms with Crippen molar-refractivity contribution >= 4 is 73.8 Å². The first-order valence-corrected chi connectivity index (χ1v) is 26.8. The third kappa shape index (κ3) is 12.6. The summed E-state index contributed by atoms with van der Waals surface area (Å²) in [6.07, 6.45) is 4.75. The number of pyridine rings is 2. The minimum Gasteiger partial charge on any atom is -0.458 e. The number of hydrogen-bond donors (Lipinski definition) is 7. The molecule has 3 atom stereocenters. The fourth-order valence-corrected chi connectivity index (χ4v) is 9.98. The van der Waals surface area contributed by atoms with Crippen LogP contribution in [0.4, 0.5) is 4.39 Å². The van der Waals surface area contributed by atoms with Gasteiger partial charge in [-0.15, -0.1) is 0 Å². The van der Waals surface area contributed by atoms with Crippen molar-refractivity contribution in [2.24, 2.45) is 0 Å². The van der Waals surface area contributed by atoms with Crippen molar-refractivity contribution in [3.05, 3.63) is 115 Å². The molecule has 0 saturated carbocycles. The number of ether oxygens (including phenoxy) is 2. The van der Waals surface area contributed by atoms with Crippen molar-refractivity contribution in [2.45, 2.75) is 87.9 Å². The molecule has 0 radical (unpaired) electrons. The van der Waals surface area contributed by atoms with Crippen LogP contribution in [-0.2, 0) is 84.5 Å². The molecule has 0 saturated heterocycles. The van der Waals surface area contributed by atoms with Crippen LogP contribution in [0, 0.1) is 17.7 Å².